The van der Waals surface area contributed by atoms with Crippen molar-refractivity contribution in [3.63, 3.8) is 0 Å². The van der Waals surface area contributed by atoms with Crippen LogP contribution < -0.4 is 10.1 Å². The second-order valence-corrected chi connectivity index (χ2v) is 6.10. The summed E-state index contributed by atoms with van der Waals surface area (Å²) in [6.07, 6.45) is 0.240. The molecule has 0 fully saturated rings. The summed E-state index contributed by atoms with van der Waals surface area (Å²) in [5.41, 5.74) is 2.58. The fourth-order valence-corrected chi connectivity index (χ4v) is 2.87. The molecule has 2 heterocycles. The highest BCUT2D eigenvalue weighted by Crippen LogP contribution is 2.28. The molecule has 7 heteroatoms. The number of methoxy groups -OCH3 is 1. The van der Waals surface area contributed by atoms with E-state index in [1.165, 1.54) is 0 Å². The third-order valence-corrected chi connectivity index (χ3v) is 4.04. The summed E-state index contributed by atoms with van der Waals surface area (Å²) in [6, 6.07) is 9.55. The van der Waals surface area contributed by atoms with E-state index in [1.807, 2.05) is 38.1 Å². The van der Waals surface area contributed by atoms with Crippen LogP contribution in [0.15, 0.2) is 30.3 Å². The zero-order valence-electron chi connectivity index (χ0n) is 14.3. The van der Waals surface area contributed by atoms with Gasteiger partial charge in [0.25, 0.3) is 0 Å². The molecule has 0 radical (unpaired) electrons. The lowest BCUT2D eigenvalue weighted by Crippen LogP contribution is -2.15. The minimum atomic E-state index is -0.161. The Bertz CT molecular complexity index is 936. The number of para-hydroxylation sites is 1. The van der Waals surface area contributed by atoms with E-state index in [0.717, 1.165) is 22.2 Å². The average Bonchev–Trinajstić information content (AvgIpc) is 2.94. The van der Waals surface area contributed by atoms with Gasteiger partial charge in [0.1, 0.15) is 17.1 Å². The molecule has 0 saturated carbocycles. The number of aromatic nitrogens is 3. The number of aryl methyl sites for hydroxylation is 2. The van der Waals surface area contributed by atoms with Crippen LogP contribution in [-0.2, 0) is 4.79 Å². The molecule has 6 nitrogen and oxygen atoms in total. The fourth-order valence-electron chi connectivity index (χ4n) is 2.70. The minimum absolute atomic E-state index is 0.161. The summed E-state index contributed by atoms with van der Waals surface area (Å²) in [7, 11) is 1.62. The van der Waals surface area contributed by atoms with Crippen LogP contribution in [0.25, 0.3) is 16.7 Å². The van der Waals surface area contributed by atoms with Gasteiger partial charge >= 0.3 is 0 Å². The highest BCUT2D eigenvalue weighted by Gasteiger charge is 2.14. The number of amides is 1. The van der Waals surface area contributed by atoms with E-state index >= 15 is 0 Å². The van der Waals surface area contributed by atoms with E-state index in [-0.39, 0.29) is 18.2 Å². The monoisotopic (exact) mass is 358 g/mol. The number of carbonyl (C=O) groups is 1. The Balaban J connectivity index is 2.12. The molecule has 0 saturated heterocycles. The first-order chi connectivity index (χ1) is 12.0. The van der Waals surface area contributed by atoms with Crippen molar-refractivity contribution in [3.05, 3.63) is 41.6 Å². The van der Waals surface area contributed by atoms with Gasteiger partial charge in [-0.1, -0.05) is 12.1 Å². The summed E-state index contributed by atoms with van der Waals surface area (Å²) in [5, 5.41) is 8.31. The van der Waals surface area contributed by atoms with Gasteiger partial charge in [-0.05, 0) is 31.5 Å². The molecule has 0 unspecified atom stereocenters. The predicted octanol–water partition coefficient (Wildman–Crippen LogP) is 3.61. The molecule has 0 spiro atoms. The topological polar surface area (TPSA) is 69.0 Å². The highest BCUT2D eigenvalue weighted by atomic mass is 35.5. The number of hydrogen-bond acceptors (Lipinski definition) is 4. The smallest absolute Gasteiger partial charge is 0.226 e. The van der Waals surface area contributed by atoms with Gasteiger partial charge in [0.15, 0.2) is 5.82 Å². The number of benzene rings is 1. The second kappa shape index (κ2) is 7.11. The Labute approximate surface area is 150 Å². The maximum atomic E-state index is 11.9. The van der Waals surface area contributed by atoms with Gasteiger partial charge in [-0.3, -0.25) is 4.79 Å². The van der Waals surface area contributed by atoms with E-state index in [1.54, 1.807) is 17.9 Å². The standard InChI is InChI=1S/C18H19ClN4O2/c1-11-9-15(21-18-13(11)5-4-6-14(18)25-3)23-16(10-12(2)22-23)20-17(24)7-8-19/h4-6,9-10H,7-8H2,1-3H3,(H,20,24). The van der Waals surface area contributed by atoms with Gasteiger partial charge in [0.2, 0.25) is 5.91 Å². The van der Waals surface area contributed by atoms with Crippen molar-refractivity contribution >= 4 is 34.2 Å². The quantitative estimate of drug-likeness (QED) is 0.707. The fraction of sp³-hybridized carbons (Fsp3) is 0.278. The molecule has 1 N–H and O–H groups in total. The van der Waals surface area contributed by atoms with Crippen LogP contribution in [0.5, 0.6) is 5.75 Å². The summed E-state index contributed by atoms with van der Waals surface area (Å²) in [4.78, 5) is 16.6. The van der Waals surface area contributed by atoms with Gasteiger partial charge in [0, 0.05) is 23.8 Å². The second-order valence-electron chi connectivity index (χ2n) is 5.72. The zero-order valence-corrected chi connectivity index (χ0v) is 15.1. The molecule has 0 aliphatic rings. The van der Waals surface area contributed by atoms with Crippen molar-refractivity contribution in [1.29, 1.82) is 0 Å². The molecule has 1 aromatic carbocycles. The van der Waals surface area contributed by atoms with Gasteiger partial charge in [0.05, 0.1) is 12.8 Å². The number of nitrogens with one attached hydrogen (secondary N) is 1. The van der Waals surface area contributed by atoms with Gasteiger partial charge < -0.3 is 10.1 Å². The first kappa shape index (κ1) is 17.2. The van der Waals surface area contributed by atoms with Crippen molar-refractivity contribution < 1.29 is 9.53 Å². The maximum absolute atomic E-state index is 11.9. The number of nitrogens with zero attached hydrogens (tertiary/aromatic N) is 3. The SMILES string of the molecule is COc1cccc2c(C)cc(-n3nc(C)cc3NC(=O)CCCl)nc12. The van der Waals surface area contributed by atoms with Crippen LogP contribution in [0.3, 0.4) is 0 Å². The Morgan fingerprint density at radius 1 is 1.32 bits per heavy atom. The Kier molecular flexibility index (Phi) is 4.90. The van der Waals surface area contributed by atoms with E-state index in [0.29, 0.717) is 17.4 Å². The predicted molar refractivity (Wildman–Crippen MR) is 98.9 cm³/mol. The van der Waals surface area contributed by atoms with Crippen LogP contribution in [0.1, 0.15) is 17.7 Å². The third kappa shape index (κ3) is 3.44. The molecule has 0 bridgehead atoms. The van der Waals surface area contributed by atoms with Crippen molar-refractivity contribution in [2.24, 2.45) is 0 Å². The Hall–Kier alpha value is -2.60. The van der Waals surface area contributed by atoms with Crippen molar-refractivity contribution in [2.45, 2.75) is 20.3 Å². The largest absolute Gasteiger partial charge is 0.494 e. The van der Waals surface area contributed by atoms with Crippen LogP contribution in [0.2, 0.25) is 0 Å². The molecular weight excluding hydrogens is 340 g/mol. The zero-order chi connectivity index (χ0) is 18.0. The van der Waals surface area contributed by atoms with E-state index in [2.05, 4.69) is 10.4 Å². The molecule has 1 amide bonds. The van der Waals surface area contributed by atoms with Gasteiger partial charge in [-0.25, -0.2) is 4.98 Å². The summed E-state index contributed by atoms with van der Waals surface area (Å²) in [6.45, 7) is 3.87. The van der Waals surface area contributed by atoms with Crippen LogP contribution >= 0.6 is 11.6 Å². The number of alkyl halides is 1. The molecule has 25 heavy (non-hydrogen) atoms. The third-order valence-electron chi connectivity index (χ3n) is 3.85. The number of halogens is 1. The highest BCUT2D eigenvalue weighted by molar-refractivity contribution is 6.19. The number of ether oxygens (including phenoxy) is 1. The molecule has 0 aliphatic heterocycles. The molecule has 3 aromatic rings. The maximum Gasteiger partial charge on any atom is 0.226 e. The summed E-state index contributed by atoms with van der Waals surface area (Å²) in [5.74, 6) is 1.98. The molecule has 0 atom stereocenters. The molecule has 0 aliphatic carbocycles. The Morgan fingerprint density at radius 3 is 2.84 bits per heavy atom. The van der Waals surface area contributed by atoms with E-state index < -0.39 is 0 Å². The Morgan fingerprint density at radius 2 is 2.12 bits per heavy atom. The van der Waals surface area contributed by atoms with Crippen LogP contribution in [-0.4, -0.2) is 33.7 Å². The van der Waals surface area contributed by atoms with Crippen molar-refractivity contribution in [1.82, 2.24) is 14.8 Å². The van der Waals surface area contributed by atoms with Gasteiger partial charge in [-0.15, -0.1) is 11.6 Å². The minimum Gasteiger partial charge on any atom is -0.494 e. The number of fused-ring (bicyclic) bond motifs is 1. The summed E-state index contributed by atoms with van der Waals surface area (Å²) >= 11 is 5.63. The molecule has 130 valence electrons. The van der Waals surface area contributed by atoms with E-state index in [9.17, 15) is 4.79 Å². The lowest BCUT2D eigenvalue weighted by atomic mass is 10.1. The van der Waals surface area contributed by atoms with Crippen LogP contribution in [0.4, 0.5) is 5.82 Å². The van der Waals surface area contributed by atoms with Gasteiger partial charge in [-0.2, -0.15) is 9.78 Å². The first-order valence-corrected chi connectivity index (χ1v) is 8.44. The molecule has 2 aromatic heterocycles. The number of hydrogen-bond donors (Lipinski definition) is 1. The first-order valence-electron chi connectivity index (χ1n) is 7.90. The number of anilines is 1. The van der Waals surface area contributed by atoms with Crippen molar-refractivity contribution in [3.8, 4) is 11.6 Å². The average molecular weight is 359 g/mol. The van der Waals surface area contributed by atoms with Crippen LogP contribution in [0, 0.1) is 13.8 Å². The molecular formula is C18H19ClN4O2. The number of rotatable bonds is 5. The van der Waals surface area contributed by atoms with Crippen molar-refractivity contribution in [2.75, 3.05) is 18.3 Å². The summed E-state index contributed by atoms with van der Waals surface area (Å²) < 4.78 is 7.05. The lowest BCUT2D eigenvalue weighted by Gasteiger charge is -2.12. The number of carbonyl (C=O) groups excluding carboxylic acids is 1. The lowest BCUT2D eigenvalue weighted by molar-refractivity contribution is -0.115. The molecule has 3 rings (SSSR count). The number of pyridine rings is 1. The normalized spacial score (nSPS) is 10.9. The van der Waals surface area contributed by atoms with E-state index in [4.69, 9.17) is 21.3 Å².